The number of benzene rings is 1. The Morgan fingerprint density at radius 2 is 1.85 bits per heavy atom. The molecule has 1 aromatic carbocycles. The van der Waals surface area contributed by atoms with Gasteiger partial charge in [-0.3, -0.25) is 0 Å². The molecule has 114 valence electrons. The highest BCUT2D eigenvalue weighted by Gasteiger charge is 2.29. The van der Waals surface area contributed by atoms with Crippen molar-refractivity contribution in [1.29, 1.82) is 0 Å². The van der Waals surface area contributed by atoms with E-state index in [9.17, 15) is 12.8 Å². The van der Waals surface area contributed by atoms with Gasteiger partial charge in [0.15, 0.2) is 5.82 Å². The van der Waals surface area contributed by atoms with E-state index in [4.69, 9.17) is 27.5 Å². The van der Waals surface area contributed by atoms with Crippen LogP contribution >= 0.6 is 27.5 Å². The Morgan fingerprint density at radius 1 is 1.35 bits per heavy atom. The summed E-state index contributed by atoms with van der Waals surface area (Å²) in [6.45, 7) is -1.51. The minimum absolute atomic E-state index is 0.0598. The van der Waals surface area contributed by atoms with Gasteiger partial charge in [0.25, 0.3) is 0 Å². The molecule has 0 amide bonds. The van der Waals surface area contributed by atoms with Gasteiger partial charge in [0.05, 0.1) is 28.4 Å². The van der Waals surface area contributed by atoms with Gasteiger partial charge in [0.2, 0.25) is 10.0 Å². The highest BCUT2D eigenvalue weighted by atomic mass is 79.9. The van der Waals surface area contributed by atoms with E-state index in [1.54, 1.807) is 0 Å². The molecule has 0 unspecified atom stereocenters. The third-order valence-corrected chi connectivity index (χ3v) is 5.75. The molecule has 0 aliphatic carbocycles. The number of aliphatic hydroxyl groups is 2. The molecule has 0 spiro atoms. The van der Waals surface area contributed by atoms with E-state index in [0.717, 1.165) is 10.4 Å². The van der Waals surface area contributed by atoms with Crippen LogP contribution in [0.25, 0.3) is 0 Å². The molecule has 1 rings (SSSR count). The fourth-order valence-corrected chi connectivity index (χ4v) is 3.59. The Bertz CT molecular complexity index is 593. The van der Waals surface area contributed by atoms with Gasteiger partial charge in [-0.15, -0.1) is 0 Å². The summed E-state index contributed by atoms with van der Waals surface area (Å²) in [5, 5.41) is 17.7. The smallest absolute Gasteiger partial charge is 0.246 e. The monoisotopic (exact) mass is 390 g/mol. The highest BCUT2D eigenvalue weighted by molar-refractivity contribution is 9.10. The molecule has 0 radical (unpaired) electrons. The zero-order valence-electron chi connectivity index (χ0n) is 10.2. The van der Waals surface area contributed by atoms with Crippen molar-refractivity contribution in [2.45, 2.75) is 4.90 Å². The SMILES string of the molecule is Nc1c(F)c(S(=O)(=O)N(CCO)CCO)cc(Cl)c1Br. The first kappa shape index (κ1) is 17.6. The maximum absolute atomic E-state index is 14.0. The number of sulfonamides is 1. The van der Waals surface area contributed by atoms with Crippen LogP contribution in [0.1, 0.15) is 0 Å². The Labute approximate surface area is 129 Å². The largest absolute Gasteiger partial charge is 0.395 e. The van der Waals surface area contributed by atoms with Gasteiger partial charge in [0.1, 0.15) is 4.90 Å². The van der Waals surface area contributed by atoms with Crippen molar-refractivity contribution in [1.82, 2.24) is 4.31 Å². The number of nitrogen functional groups attached to an aromatic ring is 1. The molecule has 0 atom stereocenters. The molecule has 0 aromatic heterocycles. The summed E-state index contributed by atoms with van der Waals surface area (Å²) in [5.74, 6) is -1.14. The molecular formula is C10H13BrClFN2O4S. The van der Waals surface area contributed by atoms with Crippen LogP contribution < -0.4 is 5.73 Å². The lowest BCUT2D eigenvalue weighted by molar-refractivity contribution is 0.217. The quantitative estimate of drug-likeness (QED) is 0.491. The number of halogens is 3. The topological polar surface area (TPSA) is 104 Å². The van der Waals surface area contributed by atoms with E-state index >= 15 is 0 Å². The lowest BCUT2D eigenvalue weighted by Crippen LogP contribution is -2.36. The second-order valence-electron chi connectivity index (χ2n) is 3.75. The number of hydrogen-bond acceptors (Lipinski definition) is 5. The van der Waals surface area contributed by atoms with Crippen molar-refractivity contribution < 1.29 is 23.0 Å². The lowest BCUT2D eigenvalue weighted by atomic mass is 10.3. The van der Waals surface area contributed by atoms with Gasteiger partial charge < -0.3 is 15.9 Å². The summed E-state index contributed by atoms with van der Waals surface area (Å²) in [4.78, 5) is -0.704. The lowest BCUT2D eigenvalue weighted by Gasteiger charge is -2.21. The molecule has 0 aliphatic rings. The Balaban J connectivity index is 3.41. The van der Waals surface area contributed by atoms with E-state index < -0.39 is 39.6 Å². The fourth-order valence-electron chi connectivity index (χ4n) is 1.50. The number of nitrogens with zero attached hydrogens (tertiary/aromatic N) is 1. The third kappa shape index (κ3) is 3.41. The maximum Gasteiger partial charge on any atom is 0.246 e. The molecule has 1 aromatic rings. The van der Waals surface area contributed by atoms with Crippen LogP contribution in [-0.4, -0.2) is 49.2 Å². The average molecular weight is 392 g/mol. The first-order valence-corrected chi connectivity index (χ1v) is 8.03. The van der Waals surface area contributed by atoms with Crippen molar-refractivity contribution in [3.63, 3.8) is 0 Å². The summed E-state index contributed by atoms with van der Waals surface area (Å²) in [7, 11) is -4.26. The number of nitrogens with two attached hydrogens (primary N) is 1. The van der Waals surface area contributed by atoms with Gasteiger partial charge in [-0.25, -0.2) is 12.8 Å². The molecule has 0 saturated carbocycles. The summed E-state index contributed by atoms with van der Waals surface area (Å²) in [6.07, 6.45) is 0. The number of anilines is 1. The fraction of sp³-hybridized carbons (Fsp3) is 0.400. The van der Waals surface area contributed by atoms with Gasteiger partial charge >= 0.3 is 0 Å². The predicted molar refractivity (Wildman–Crippen MR) is 76.5 cm³/mol. The summed E-state index contributed by atoms with van der Waals surface area (Å²) >= 11 is 8.72. The minimum Gasteiger partial charge on any atom is -0.395 e. The molecule has 0 fully saturated rings. The van der Waals surface area contributed by atoms with E-state index in [1.165, 1.54) is 0 Å². The van der Waals surface area contributed by atoms with Gasteiger partial charge in [0, 0.05) is 13.1 Å². The first-order valence-electron chi connectivity index (χ1n) is 5.42. The predicted octanol–water partition coefficient (Wildman–Crippen LogP) is 0.799. The van der Waals surface area contributed by atoms with Crippen molar-refractivity contribution >= 4 is 43.2 Å². The standard InChI is InChI=1S/C10H13BrClFN2O4S/c11-8-6(12)5-7(9(13)10(8)14)20(18,19)15(1-3-16)2-4-17/h5,16-17H,1-4,14H2. The Hall–Kier alpha value is -0.450. The van der Waals surface area contributed by atoms with Crippen LogP contribution in [0, 0.1) is 5.82 Å². The number of hydrogen-bond donors (Lipinski definition) is 3. The second kappa shape index (κ2) is 7.01. The van der Waals surface area contributed by atoms with Crippen LogP contribution in [-0.2, 0) is 10.0 Å². The van der Waals surface area contributed by atoms with Crippen molar-refractivity contribution in [3.05, 3.63) is 21.4 Å². The Kier molecular flexibility index (Phi) is 6.17. The highest BCUT2D eigenvalue weighted by Crippen LogP contribution is 2.35. The second-order valence-corrected chi connectivity index (χ2v) is 6.86. The van der Waals surface area contributed by atoms with Crippen molar-refractivity contribution in [3.8, 4) is 0 Å². The summed E-state index contributed by atoms with van der Waals surface area (Å²) < 4.78 is 39.4. The number of aliphatic hydroxyl groups excluding tert-OH is 2. The zero-order chi connectivity index (χ0) is 15.5. The molecule has 0 aliphatic heterocycles. The normalized spacial score (nSPS) is 12.1. The molecule has 4 N–H and O–H groups in total. The van der Waals surface area contributed by atoms with Crippen LogP contribution in [0.2, 0.25) is 5.02 Å². The molecule has 20 heavy (non-hydrogen) atoms. The van der Waals surface area contributed by atoms with Crippen molar-refractivity contribution in [2.24, 2.45) is 0 Å². The molecule has 10 heteroatoms. The Morgan fingerprint density at radius 3 is 2.30 bits per heavy atom. The number of rotatable bonds is 6. The third-order valence-electron chi connectivity index (χ3n) is 2.47. The maximum atomic E-state index is 14.0. The van der Waals surface area contributed by atoms with Crippen molar-refractivity contribution in [2.75, 3.05) is 32.0 Å². The van der Waals surface area contributed by atoms with E-state index in [0.29, 0.717) is 0 Å². The van der Waals surface area contributed by atoms with Gasteiger partial charge in [-0.1, -0.05) is 11.6 Å². The molecular weight excluding hydrogens is 379 g/mol. The van der Waals surface area contributed by atoms with Crippen LogP contribution in [0.15, 0.2) is 15.4 Å². The van der Waals surface area contributed by atoms with E-state index in [2.05, 4.69) is 15.9 Å². The van der Waals surface area contributed by atoms with Crippen LogP contribution in [0.4, 0.5) is 10.1 Å². The molecule has 0 bridgehead atoms. The minimum atomic E-state index is -4.26. The van der Waals surface area contributed by atoms with Crippen LogP contribution in [0.3, 0.4) is 0 Å². The molecule has 0 heterocycles. The molecule has 0 saturated heterocycles. The van der Waals surface area contributed by atoms with Crippen LogP contribution in [0.5, 0.6) is 0 Å². The summed E-state index contributed by atoms with van der Waals surface area (Å²) in [6, 6.07) is 0.925. The molecule has 6 nitrogen and oxygen atoms in total. The van der Waals surface area contributed by atoms with Gasteiger partial charge in [-0.05, 0) is 22.0 Å². The van der Waals surface area contributed by atoms with E-state index in [1.807, 2.05) is 0 Å². The summed E-state index contributed by atoms with van der Waals surface area (Å²) in [5.41, 5.74) is 5.01. The first-order chi connectivity index (χ1) is 9.27. The average Bonchev–Trinajstić information content (AvgIpc) is 2.40. The zero-order valence-corrected chi connectivity index (χ0v) is 13.3. The van der Waals surface area contributed by atoms with Gasteiger partial charge in [-0.2, -0.15) is 4.31 Å². The van der Waals surface area contributed by atoms with E-state index in [-0.39, 0.29) is 22.6 Å².